The number of hydrogen-bond acceptors (Lipinski definition) is 2. The van der Waals surface area contributed by atoms with Crippen LogP contribution < -0.4 is 5.32 Å². The second-order valence-corrected chi connectivity index (χ2v) is 9.03. The van der Waals surface area contributed by atoms with E-state index in [1.54, 1.807) is 0 Å². The van der Waals surface area contributed by atoms with Crippen molar-refractivity contribution in [1.82, 2.24) is 10.2 Å². The van der Waals surface area contributed by atoms with Crippen LogP contribution >= 0.6 is 0 Å². The Hall–Kier alpha value is -1.06. The highest BCUT2D eigenvalue weighted by Gasteiger charge is 2.08. The third kappa shape index (κ3) is 16.4. The molecule has 4 nitrogen and oxygen atoms in total. The first-order valence-corrected chi connectivity index (χ1v) is 12.7. The lowest BCUT2D eigenvalue weighted by Gasteiger charge is -2.16. The van der Waals surface area contributed by atoms with Crippen LogP contribution in [0.25, 0.3) is 0 Å². The van der Waals surface area contributed by atoms with Crippen molar-refractivity contribution in [2.45, 2.75) is 128 Å². The van der Waals surface area contributed by atoms with Crippen LogP contribution in [0.1, 0.15) is 128 Å². The van der Waals surface area contributed by atoms with Gasteiger partial charge in [0, 0.05) is 33.0 Å². The molecule has 0 aliphatic carbocycles. The largest absolute Gasteiger partial charge is 0.356 e. The Bertz CT molecular complexity index is 396. The molecule has 2 aliphatic heterocycles. The first-order valence-electron chi connectivity index (χ1n) is 12.7. The van der Waals surface area contributed by atoms with Crippen LogP contribution in [0.3, 0.4) is 0 Å². The molecule has 0 saturated carbocycles. The Morgan fingerprint density at radius 2 is 0.966 bits per heavy atom. The summed E-state index contributed by atoms with van der Waals surface area (Å²) in [5.41, 5.74) is 0. The van der Waals surface area contributed by atoms with Crippen molar-refractivity contribution >= 4 is 11.8 Å². The van der Waals surface area contributed by atoms with E-state index in [1.807, 2.05) is 11.9 Å². The summed E-state index contributed by atoms with van der Waals surface area (Å²) >= 11 is 0. The van der Waals surface area contributed by atoms with E-state index in [4.69, 9.17) is 0 Å². The van der Waals surface area contributed by atoms with Gasteiger partial charge in [-0.25, -0.2) is 0 Å². The van der Waals surface area contributed by atoms with E-state index in [0.29, 0.717) is 5.91 Å². The molecule has 0 radical (unpaired) electrons. The molecule has 2 rings (SSSR count). The summed E-state index contributed by atoms with van der Waals surface area (Å²) in [6.07, 6.45) is 24.6. The minimum atomic E-state index is 0.254. The van der Waals surface area contributed by atoms with E-state index in [1.165, 1.54) is 96.3 Å². The first-order chi connectivity index (χ1) is 14.2. The Morgan fingerprint density at radius 3 is 1.52 bits per heavy atom. The fourth-order valence-corrected chi connectivity index (χ4v) is 4.14. The van der Waals surface area contributed by atoms with Crippen molar-refractivity contribution in [2.24, 2.45) is 0 Å². The summed E-state index contributed by atoms with van der Waals surface area (Å²) < 4.78 is 0. The van der Waals surface area contributed by atoms with Gasteiger partial charge in [-0.15, -0.1) is 0 Å². The molecule has 0 atom stereocenters. The number of amides is 2. The predicted octanol–water partition coefficient (Wildman–Crippen LogP) is 6.38. The van der Waals surface area contributed by atoms with Crippen LogP contribution in [-0.2, 0) is 9.59 Å². The fourth-order valence-electron chi connectivity index (χ4n) is 4.14. The Balaban J connectivity index is 0.000000291. The van der Waals surface area contributed by atoms with Gasteiger partial charge in [-0.3, -0.25) is 9.59 Å². The summed E-state index contributed by atoms with van der Waals surface area (Å²) in [4.78, 5) is 24.8. The van der Waals surface area contributed by atoms with E-state index < -0.39 is 0 Å². The average molecular weight is 409 g/mol. The minimum absolute atomic E-state index is 0.254. The zero-order valence-electron chi connectivity index (χ0n) is 19.3. The fraction of sp³-hybridized carbons (Fsp3) is 0.920. The summed E-state index contributed by atoms with van der Waals surface area (Å²) in [6, 6.07) is 0. The zero-order chi connectivity index (χ0) is 21.0. The molecule has 1 N–H and O–H groups in total. The quantitative estimate of drug-likeness (QED) is 0.506. The second kappa shape index (κ2) is 18.9. The SMILES string of the molecule is CN1CCCCCCCCCCCC1=O.O=C1CCCCCCCCCCCN1. The highest BCUT2D eigenvalue weighted by atomic mass is 16.2. The second-order valence-electron chi connectivity index (χ2n) is 9.03. The number of carbonyl (C=O) groups excluding carboxylic acids is 2. The number of nitrogens with zero attached hydrogens (tertiary/aromatic N) is 1. The van der Waals surface area contributed by atoms with Crippen LogP contribution in [0, 0.1) is 0 Å². The summed E-state index contributed by atoms with van der Waals surface area (Å²) in [7, 11) is 1.95. The predicted molar refractivity (Wildman–Crippen MR) is 123 cm³/mol. The molecular weight excluding hydrogens is 360 g/mol. The maximum absolute atomic E-state index is 11.6. The van der Waals surface area contributed by atoms with Crippen molar-refractivity contribution in [3.8, 4) is 0 Å². The Labute approximate surface area is 180 Å². The van der Waals surface area contributed by atoms with E-state index in [2.05, 4.69) is 5.32 Å². The van der Waals surface area contributed by atoms with Crippen LogP contribution in [0.2, 0.25) is 0 Å². The Kier molecular flexibility index (Phi) is 17.0. The highest BCUT2D eigenvalue weighted by Crippen LogP contribution is 2.13. The van der Waals surface area contributed by atoms with Crippen LogP contribution in [0.5, 0.6) is 0 Å². The van der Waals surface area contributed by atoms with Gasteiger partial charge < -0.3 is 10.2 Å². The number of carbonyl (C=O) groups is 2. The van der Waals surface area contributed by atoms with Gasteiger partial charge in [0.1, 0.15) is 0 Å². The summed E-state index contributed by atoms with van der Waals surface area (Å²) in [5.74, 6) is 0.596. The van der Waals surface area contributed by atoms with E-state index >= 15 is 0 Å². The van der Waals surface area contributed by atoms with Gasteiger partial charge in [-0.1, -0.05) is 89.9 Å². The molecule has 0 bridgehead atoms. The Morgan fingerprint density at radius 1 is 0.552 bits per heavy atom. The number of hydrogen-bond donors (Lipinski definition) is 1. The number of nitrogens with one attached hydrogen (secondary N) is 1. The maximum atomic E-state index is 11.6. The normalized spacial score (nSPS) is 22.7. The van der Waals surface area contributed by atoms with Gasteiger partial charge in [0.15, 0.2) is 0 Å². The van der Waals surface area contributed by atoms with Gasteiger partial charge in [0.05, 0.1) is 0 Å². The average Bonchev–Trinajstić information content (AvgIpc) is 2.75. The molecule has 2 fully saturated rings. The molecular formula is C25H48N2O2. The van der Waals surface area contributed by atoms with Gasteiger partial charge in [-0.2, -0.15) is 0 Å². The highest BCUT2D eigenvalue weighted by molar-refractivity contribution is 5.76. The molecule has 29 heavy (non-hydrogen) atoms. The standard InChI is InChI=1S/C13H25NO.C12H23NO/c1-14-12-10-8-6-4-2-3-5-7-9-11-13(14)15;14-12-10-8-6-4-2-1-3-5-7-9-11-13-12/h2-12H2,1H3;1-11H2,(H,13,14). The molecule has 0 aromatic heterocycles. The molecule has 2 amide bonds. The molecule has 0 aromatic carbocycles. The molecule has 0 unspecified atom stereocenters. The van der Waals surface area contributed by atoms with E-state index in [0.717, 1.165) is 45.2 Å². The lowest BCUT2D eigenvalue weighted by atomic mass is 10.1. The minimum Gasteiger partial charge on any atom is -0.356 e. The molecule has 2 aliphatic rings. The molecule has 0 spiro atoms. The third-order valence-corrected chi connectivity index (χ3v) is 6.21. The van der Waals surface area contributed by atoms with Gasteiger partial charge in [0.2, 0.25) is 11.8 Å². The van der Waals surface area contributed by atoms with Gasteiger partial charge >= 0.3 is 0 Å². The summed E-state index contributed by atoms with van der Waals surface area (Å²) in [5, 5.41) is 2.98. The van der Waals surface area contributed by atoms with Gasteiger partial charge in [0.25, 0.3) is 0 Å². The molecule has 4 heteroatoms. The van der Waals surface area contributed by atoms with Crippen molar-refractivity contribution in [2.75, 3.05) is 20.1 Å². The van der Waals surface area contributed by atoms with Crippen LogP contribution in [-0.4, -0.2) is 36.9 Å². The van der Waals surface area contributed by atoms with E-state index in [-0.39, 0.29) is 5.91 Å². The topological polar surface area (TPSA) is 49.4 Å². The van der Waals surface area contributed by atoms with Crippen molar-refractivity contribution in [1.29, 1.82) is 0 Å². The van der Waals surface area contributed by atoms with Crippen molar-refractivity contribution in [3.05, 3.63) is 0 Å². The lowest BCUT2D eigenvalue weighted by molar-refractivity contribution is -0.130. The molecule has 170 valence electrons. The molecule has 2 saturated heterocycles. The molecule has 0 aromatic rings. The third-order valence-electron chi connectivity index (χ3n) is 6.21. The van der Waals surface area contributed by atoms with Crippen LogP contribution in [0.4, 0.5) is 0 Å². The van der Waals surface area contributed by atoms with Crippen molar-refractivity contribution in [3.63, 3.8) is 0 Å². The smallest absolute Gasteiger partial charge is 0.222 e. The maximum Gasteiger partial charge on any atom is 0.222 e. The number of rotatable bonds is 0. The monoisotopic (exact) mass is 408 g/mol. The summed E-state index contributed by atoms with van der Waals surface area (Å²) in [6.45, 7) is 1.84. The molecule has 2 heterocycles. The van der Waals surface area contributed by atoms with E-state index in [9.17, 15) is 9.59 Å². The first kappa shape index (κ1) is 26.0. The van der Waals surface area contributed by atoms with Crippen LogP contribution in [0.15, 0.2) is 0 Å². The lowest BCUT2D eigenvalue weighted by Crippen LogP contribution is -2.27. The zero-order valence-corrected chi connectivity index (χ0v) is 19.3. The van der Waals surface area contributed by atoms with Gasteiger partial charge in [-0.05, 0) is 25.7 Å². The van der Waals surface area contributed by atoms with Crippen molar-refractivity contribution < 1.29 is 9.59 Å².